The number of carbonyl (C=O) groups excluding carboxylic acids is 1. The van der Waals surface area contributed by atoms with E-state index in [1.807, 2.05) is 0 Å². The van der Waals surface area contributed by atoms with Crippen molar-refractivity contribution in [2.24, 2.45) is 0 Å². The number of quaternary nitrogens is 1. The number of nitrogens with zero attached hydrogens (tertiary/aromatic N) is 1. The number of carbonyl (C=O) groups is 1. The zero-order chi connectivity index (χ0) is 25.0. The van der Waals surface area contributed by atoms with Crippen LogP contribution in [0.2, 0.25) is 0 Å². The summed E-state index contributed by atoms with van der Waals surface area (Å²) in [5.74, 6) is 0.0127. The Bertz CT molecular complexity index is 1230. The number of amides is 1. The Morgan fingerprint density at radius 2 is 1.53 bits per heavy atom. The van der Waals surface area contributed by atoms with E-state index < -0.39 is 0 Å². The minimum absolute atomic E-state index is 0.0127. The number of likely N-dealkylation sites (tertiary alicyclic amines) is 1. The van der Waals surface area contributed by atoms with Gasteiger partial charge in [0.1, 0.15) is 6.54 Å². The van der Waals surface area contributed by atoms with Crippen molar-refractivity contribution in [3.63, 3.8) is 0 Å². The summed E-state index contributed by atoms with van der Waals surface area (Å²) < 4.78 is 1.20. The van der Waals surface area contributed by atoms with Crippen LogP contribution in [0.15, 0.2) is 72.3 Å². The van der Waals surface area contributed by atoms with Crippen LogP contribution in [-0.4, -0.2) is 30.0 Å². The predicted octanol–water partition coefficient (Wildman–Crippen LogP) is 7.54. The summed E-state index contributed by atoms with van der Waals surface area (Å²) in [6, 6.07) is 23.8. The molecular weight excluding hydrogens is 440 g/mol. The van der Waals surface area contributed by atoms with Crippen LogP contribution in [-0.2, 0) is 17.8 Å². The Morgan fingerprint density at radius 1 is 0.833 bits per heavy atom. The Hall–Kier alpha value is -3.17. The minimum atomic E-state index is 0.0127. The molecule has 3 aromatic carbocycles. The fourth-order valence-corrected chi connectivity index (χ4v) is 5.83. The first kappa shape index (κ1) is 24.5. The summed E-state index contributed by atoms with van der Waals surface area (Å²) in [6.07, 6.45) is 9.18. The van der Waals surface area contributed by atoms with E-state index in [1.165, 1.54) is 77.6 Å². The molecule has 1 amide bonds. The number of hydrogen-bond acceptors (Lipinski definition) is 1. The van der Waals surface area contributed by atoms with Gasteiger partial charge >= 0.3 is 0 Å². The van der Waals surface area contributed by atoms with Crippen molar-refractivity contribution in [1.82, 2.24) is 0 Å². The predicted molar refractivity (Wildman–Crippen MR) is 151 cm³/mol. The van der Waals surface area contributed by atoms with Crippen molar-refractivity contribution in [1.29, 1.82) is 0 Å². The Labute approximate surface area is 216 Å². The molecule has 1 heterocycles. The van der Waals surface area contributed by atoms with E-state index in [4.69, 9.17) is 0 Å². The van der Waals surface area contributed by atoms with Crippen LogP contribution in [0.5, 0.6) is 0 Å². The van der Waals surface area contributed by atoms with Gasteiger partial charge in [0.2, 0.25) is 0 Å². The molecule has 0 aromatic heterocycles. The van der Waals surface area contributed by atoms with Gasteiger partial charge in [-0.25, -0.2) is 0 Å². The summed E-state index contributed by atoms with van der Waals surface area (Å²) in [5, 5.41) is 3.15. The molecular formula is C33H39N2O+. The molecule has 0 spiro atoms. The van der Waals surface area contributed by atoms with Crippen molar-refractivity contribution in [3.8, 4) is 11.1 Å². The number of fused-ring (bicyclic) bond motifs is 1. The molecule has 0 unspecified atom stereocenters. The van der Waals surface area contributed by atoms with Gasteiger partial charge in [-0.1, -0.05) is 54.1 Å². The van der Waals surface area contributed by atoms with Gasteiger partial charge in [0.15, 0.2) is 0 Å². The number of nitrogens with one attached hydrogen (secondary N) is 1. The third-order valence-electron chi connectivity index (χ3n) is 8.23. The third kappa shape index (κ3) is 5.63. The topological polar surface area (TPSA) is 29.1 Å². The van der Waals surface area contributed by atoms with E-state index >= 15 is 0 Å². The number of aryl methyl sites for hydroxylation is 2. The molecule has 1 aliphatic carbocycles. The molecule has 1 saturated heterocycles. The van der Waals surface area contributed by atoms with E-state index in [9.17, 15) is 4.79 Å². The highest BCUT2D eigenvalue weighted by atomic mass is 16.1. The van der Waals surface area contributed by atoms with Gasteiger partial charge in [-0.3, -0.25) is 4.79 Å². The molecule has 3 heteroatoms. The molecule has 3 aromatic rings. The molecule has 1 N–H and O–H groups in total. The van der Waals surface area contributed by atoms with Gasteiger partial charge < -0.3 is 9.80 Å². The quantitative estimate of drug-likeness (QED) is 0.364. The van der Waals surface area contributed by atoms with Crippen LogP contribution >= 0.6 is 0 Å². The maximum absolute atomic E-state index is 13.1. The zero-order valence-electron chi connectivity index (χ0n) is 21.9. The lowest BCUT2D eigenvalue weighted by atomic mass is 9.89. The number of rotatable bonds is 6. The normalized spacial score (nSPS) is 17.0. The molecule has 36 heavy (non-hydrogen) atoms. The molecule has 0 atom stereocenters. The first-order valence-electron chi connectivity index (χ1n) is 13.7. The first-order valence-corrected chi connectivity index (χ1v) is 13.7. The monoisotopic (exact) mass is 479 g/mol. The Morgan fingerprint density at radius 3 is 2.22 bits per heavy atom. The smallest absolute Gasteiger partial charge is 0.251 e. The fraction of sp³-hybridized carbons (Fsp3) is 0.364. The van der Waals surface area contributed by atoms with Gasteiger partial charge in [0, 0.05) is 16.8 Å². The van der Waals surface area contributed by atoms with E-state index in [0.29, 0.717) is 0 Å². The summed E-state index contributed by atoms with van der Waals surface area (Å²) in [6.45, 7) is 9.30. The lowest BCUT2D eigenvalue weighted by molar-refractivity contribution is -0.938. The van der Waals surface area contributed by atoms with Crippen LogP contribution in [0, 0.1) is 6.92 Å². The molecule has 0 bridgehead atoms. The van der Waals surface area contributed by atoms with Crippen LogP contribution in [0.4, 0.5) is 5.69 Å². The summed E-state index contributed by atoms with van der Waals surface area (Å²) in [7, 11) is 0. The second kappa shape index (κ2) is 10.8. The van der Waals surface area contributed by atoms with Gasteiger partial charge in [-0.05, 0) is 98.9 Å². The SMILES string of the molecule is CC[N+]1(Cc2ccc(NC(=O)C3=Cc4cc(-c5ccc(C)cc5)ccc4CC3)cc2)CCCCCC1. The van der Waals surface area contributed by atoms with Crippen LogP contribution in [0.1, 0.15) is 61.3 Å². The van der Waals surface area contributed by atoms with Crippen molar-refractivity contribution in [3.05, 3.63) is 94.6 Å². The summed E-state index contributed by atoms with van der Waals surface area (Å²) >= 11 is 0. The van der Waals surface area contributed by atoms with Gasteiger partial charge in [-0.2, -0.15) is 0 Å². The molecule has 0 saturated carbocycles. The second-order valence-electron chi connectivity index (χ2n) is 10.8. The summed E-state index contributed by atoms with van der Waals surface area (Å²) in [5.41, 5.74) is 9.23. The second-order valence-corrected chi connectivity index (χ2v) is 10.8. The number of hydrogen-bond donors (Lipinski definition) is 1. The van der Waals surface area contributed by atoms with Gasteiger partial charge in [0.05, 0.1) is 19.6 Å². The molecule has 3 nitrogen and oxygen atoms in total. The largest absolute Gasteiger partial charge is 0.322 e. The fourth-order valence-electron chi connectivity index (χ4n) is 5.83. The van der Waals surface area contributed by atoms with E-state index in [0.717, 1.165) is 36.2 Å². The molecule has 0 radical (unpaired) electrons. The van der Waals surface area contributed by atoms with E-state index in [2.05, 4.69) is 92.0 Å². The Kier molecular flexibility index (Phi) is 7.38. The maximum atomic E-state index is 13.1. The van der Waals surface area contributed by atoms with Crippen LogP contribution < -0.4 is 5.32 Å². The average Bonchev–Trinajstić information content (AvgIpc) is 3.15. The molecule has 1 fully saturated rings. The van der Waals surface area contributed by atoms with Crippen LogP contribution in [0.25, 0.3) is 17.2 Å². The van der Waals surface area contributed by atoms with Crippen molar-refractivity contribution in [2.45, 2.75) is 58.9 Å². The average molecular weight is 480 g/mol. The maximum Gasteiger partial charge on any atom is 0.251 e. The highest BCUT2D eigenvalue weighted by Gasteiger charge is 2.27. The minimum Gasteiger partial charge on any atom is -0.322 e. The number of anilines is 1. The van der Waals surface area contributed by atoms with Gasteiger partial charge in [0.25, 0.3) is 5.91 Å². The van der Waals surface area contributed by atoms with Crippen molar-refractivity contribution in [2.75, 3.05) is 25.0 Å². The van der Waals surface area contributed by atoms with E-state index in [-0.39, 0.29) is 5.91 Å². The molecule has 1 aliphatic heterocycles. The van der Waals surface area contributed by atoms with Gasteiger partial charge in [-0.15, -0.1) is 0 Å². The lowest BCUT2D eigenvalue weighted by Crippen LogP contribution is -2.47. The molecule has 5 rings (SSSR count). The highest BCUT2D eigenvalue weighted by molar-refractivity contribution is 6.07. The standard InChI is InChI=1S/C33H38N2O/c1-3-35(20-6-4-5-7-21-35)24-26-10-18-32(19-11-26)34-33(36)30-17-15-28-14-16-29(22-31(28)23-30)27-12-8-25(2)9-13-27/h8-14,16,18-19,22-23H,3-7,15,17,20-21,24H2,1-2H3/p+1. The molecule has 186 valence electrons. The third-order valence-corrected chi connectivity index (χ3v) is 8.23. The highest BCUT2D eigenvalue weighted by Crippen LogP contribution is 2.30. The molecule has 2 aliphatic rings. The van der Waals surface area contributed by atoms with Crippen LogP contribution in [0.3, 0.4) is 0 Å². The zero-order valence-corrected chi connectivity index (χ0v) is 21.9. The van der Waals surface area contributed by atoms with E-state index in [1.54, 1.807) is 0 Å². The number of benzene rings is 3. The Balaban J connectivity index is 1.27. The summed E-state index contributed by atoms with van der Waals surface area (Å²) in [4.78, 5) is 13.1. The van der Waals surface area contributed by atoms with Crippen molar-refractivity contribution < 1.29 is 9.28 Å². The lowest BCUT2D eigenvalue weighted by Gasteiger charge is -2.37. The van der Waals surface area contributed by atoms with Crippen molar-refractivity contribution >= 4 is 17.7 Å². The first-order chi connectivity index (χ1) is 17.5.